The van der Waals surface area contributed by atoms with Gasteiger partial charge in [-0.25, -0.2) is 0 Å². The van der Waals surface area contributed by atoms with E-state index in [9.17, 15) is 30.0 Å². The lowest BCUT2D eigenvalue weighted by Crippen LogP contribution is -2.55. The van der Waals surface area contributed by atoms with Crippen LogP contribution in [0, 0.1) is 17.8 Å². The summed E-state index contributed by atoms with van der Waals surface area (Å²) >= 11 is 0. The minimum absolute atomic E-state index is 0.00563. The number of aliphatic hydroxyl groups is 4. The molecule has 0 aromatic heterocycles. The maximum absolute atomic E-state index is 13.3. The molecule has 9 nitrogen and oxygen atoms in total. The molecule has 1 saturated heterocycles. The van der Waals surface area contributed by atoms with Crippen molar-refractivity contribution < 1.29 is 34.8 Å². The monoisotopic (exact) mass is 652 g/mol. The number of carbonyl (C=O) groups is 2. The highest BCUT2D eigenvalue weighted by Gasteiger charge is 2.44. The van der Waals surface area contributed by atoms with Crippen molar-refractivity contribution in [3.8, 4) is 0 Å². The summed E-state index contributed by atoms with van der Waals surface area (Å²) in [5.74, 6) is 0.107. The molecule has 0 saturated carbocycles. The second-order valence-electron chi connectivity index (χ2n) is 14.8. The van der Waals surface area contributed by atoms with E-state index in [0.29, 0.717) is 18.5 Å². The van der Waals surface area contributed by atoms with E-state index in [4.69, 9.17) is 4.74 Å². The van der Waals surface area contributed by atoms with Gasteiger partial charge in [0.2, 0.25) is 5.91 Å². The van der Waals surface area contributed by atoms with Gasteiger partial charge in [-0.2, -0.15) is 0 Å². The maximum atomic E-state index is 13.3. The van der Waals surface area contributed by atoms with Crippen LogP contribution in [0.25, 0.3) is 6.08 Å². The van der Waals surface area contributed by atoms with E-state index in [1.807, 2.05) is 82.3 Å². The minimum Gasteiger partial charge on any atom is -0.394 e. The van der Waals surface area contributed by atoms with Crippen LogP contribution < -0.4 is 5.32 Å². The third-order valence-corrected chi connectivity index (χ3v) is 9.20. The number of allylic oxidation sites excluding steroid dienone is 1. The molecule has 9 heteroatoms. The van der Waals surface area contributed by atoms with Gasteiger partial charge in [0.1, 0.15) is 36.3 Å². The van der Waals surface area contributed by atoms with E-state index in [0.717, 1.165) is 34.4 Å². The Morgan fingerprint density at radius 3 is 2.21 bits per heavy atom. The quantitative estimate of drug-likeness (QED) is 0.207. The molecule has 260 valence electrons. The van der Waals surface area contributed by atoms with Crippen molar-refractivity contribution in [3.63, 3.8) is 0 Å². The standard InChI is InChI=1S/C38H56N2O7/c1-23(2)28-18-24(3)29(35-34(45)33(44)32(43)30(22-41)47-35)20-27(28)19-26-12-10-25(11-13-26)14-15-37(4,5)31(42)21-38(6,7)36(46)39-16-17-40(8)9/h10-15,18,20,23,30,32-35,41,43-45H,16-17,19,21-22H2,1-9H3,(H,39,46)/b15-14+/t30-,32-,33+,34-,35+/m1/s1. The van der Waals surface area contributed by atoms with Gasteiger partial charge in [0.15, 0.2) is 0 Å². The summed E-state index contributed by atoms with van der Waals surface area (Å²) in [6.07, 6.45) is -1.47. The molecule has 1 fully saturated rings. The van der Waals surface area contributed by atoms with Crippen molar-refractivity contribution in [2.45, 2.75) is 97.7 Å². The number of Topliss-reactive ketones (excluding diaryl/α,β-unsaturated/α-hetero) is 1. The Hall–Kier alpha value is -2.92. The normalized spacial score (nSPS) is 22.3. The van der Waals surface area contributed by atoms with Crippen LogP contribution in [0.1, 0.15) is 93.4 Å². The molecule has 1 amide bonds. The molecule has 1 aliphatic rings. The van der Waals surface area contributed by atoms with Crippen molar-refractivity contribution in [2.75, 3.05) is 33.8 Å². The van der Waals surface area contributed by atoms with Gasteiger partial charge in [-0.3, -0.25) is 9.59 Å². The Labute approximate surface area is 280 Å². The van der Waals surface area contributed by atoms with Crippen molar-refractivity contribution >= 4 is 17.8 Å². The first kappa shape index (κ1) is 38.5. The van der Waals surface area contributed by atoms with Crippen molar-refractivity contribution in [1.82, 2.24) is 10.2 Å². The average Bonchev–Trinajstić information content (AvgIpc) is 3.00. The second kappa shape index (κ2) is 16.0. The number of nitrogens with one attached hydrogen (secondary N) is 1. The Morgan fingerprint density at radius 2 is 1.64 bits per heavy atom. The van der Waals surface area contributed by atoms with Gasteiger partial charge in [-0.1, -0.05) is 76.2 Å². The number of aryl methyl sites for hydroxylation is 1. The van der Waals surface area contributed by atoms with Gasteiger partial charge < -0.3 is 35.4 Å². The molecule has 1 aliphatic heterocycles. The lowest BCUT2D eigenvalue weighted by Gasteiger charge is -2.41. The van der Waals surface area contributed by atoms with Gasteiger partial charge in [-0.15, -0.1) is 0 Å². The highest BCUT2D eigenvalue weighted by Crippen LogP contribution is 2.37. The number of hydrogen-bond acceptors (Lipinski definition) is 8. The summed E-state index contributed by atoms with van der Waals surface area (Å²) in [4.78, 5) is 28.0. The number of amides is 1. The van der Waals surface area contributed by atoms with Crippen molar-refractivity contribution in [3.05, 3.63) is 75.9 Å². The fourth-order valence-electron chi connectivity index (χ4n) is 5.86. The molecule has 0 bridgehead atoms. The molecule has 0 unspecified atom stereocenters. The molecule has 5 atom stereocenters. The fraction of sp³-hybridized carbons (Fsp3) is 0.579. The topological polar surface area (TPSA) is 140 Å². The van der Waals surface area contributed by atoms with E-state index in [1.165, 1.54) is 0 Å². The van der Waals surface area contributed by atoms with Crippen LogP contribution >= 0.6 is 0 Å². The first-order valence-electron chi connectivity index (χ1n) is 16.6. The zero-order valence-electron chi connectivity index (χ0n) is 29.6. The molecular formula is C38H56N2O7. The Morgan fingerprint density at radius 1 is 1.00 bits per heavy atom. The zero-order valence-corrected chi connectivity index (χ0v) is 29.6. The highest BCUT2D eigenvalue weighted by molar-refractivity contribution is 5.93. The van der Waals surface area contributed by atoms with Crippen LogP contribution in [-0.2, 0) is 20.7 Å². The van der Waals surface area contributed by atoms with Crippen LogP contribution in [0.3, 0.4) is 0 Å². The molecule has 3 rings (SSSR count). The van der Waals surface area contributed by atoms with Gasteiger partial charge in [0.05, 0.1) is 12.0 Å². The van der Waals surface area contributed by atoms with Crippen LogP contribution in [0.2, 0.25) is 0 Å². The lowest BCUT2D eigenvalue weighted by molar-refractivity contribution is -0.231. The number of nitrogens with zero attached hydrogens (tertiary/aromatic N) is 1. The van der Waals surface area contributed by atoms with Crippen LogP contribution in [0.4, 0.5) is 0 Å². The third-order valence-electron chi connectivity index (χ3n) is 9.20. The Kier molecular flexibility index (Phi) is 13.1. The molecule has 47 heavy (non-hydrogen) atoms. The van der Waals surface area contributed by atoms with E-state index in [1.54, 1.807) is 13.8 Å². The average molecular weight is 653 g/mol. The first-order chi connectivity index (χ1) is 21.9. The van der Waals surface area contributed by atoms with Gasteiger partial charge in [-0.05, 0) is 80.6 Å². The van der Waals surface area contributed by atoms with E-state index < -0.39 is 48.0 Å². The highest BCUT2D eigenvalue weighted by atomic mass is 16.5. The Balaban J connectivity index is 1.75. The summed E-state index contributed by atoms with van der Waals surface area (Å²) in [6.45, 7) is 14.3. The van der Waals surface area contributed by atoms with Crippen molar-refractivity contribution in [1.29, 1.82) is 0 Å². The summed E-state index contributed by atoms with van der Waals surface area (Å²) in [6, 6.07) is 12.2. The molecule has 0 radical (unpaired) electrons. The summed E-state index contributed by atoms with van der Waals surface area (Å²) in [5.41, 5.74) is 4.28. The van der Waals surface area contributed by atoms with Gasteiger partial charge >= 0.3 is 0 Å². The number of ether oxygens (including phenoxy) is 1. The van der Waals surface area contributed by atoms with Crippen LogP contribution in [0.15, 0.2) is 42.5 Å². The number of aliphatic hydroxyl groups excluding tert-OH is 4. The lowest BCUT2D eigenvalue weighted by atomic mass is 9.77. The van der Waals surface area contributed by atoms with Crippen LogP contribution in [0.5, 0.6) is 0 Å². The molecule has 0 spiro atoms. The summed E-state index contributed by atoms with van der Waals surface area (Å²) in [7, 11) is 3.89. The van der Waals surface area contributed by atoms with Gasteiger partial charge in [0, 0.05) is 24.9 Å². The Bertz CT molecular complexity index is 1400. The number of ketones is 1. The number of benzene rings is 2. The van der Waals surface area contributed by atoms with E-state index in [-0.39, 0.29) is 24.0 Å². The largest absolute Gasteiger partial charge is 0.394 e. The molecular weight excluding hydrogens is 596 g/mol. The van der Waals surface area contributed by atoms with Crippen molar-refractivity contribution in [2.24, 2.45) is 10.8 Å². The molecule has 0 aliphatic carbocycles. The fourth-order valence-corrected chi connectivity index (χ4v) is 5.86. The maximum Gasteiger partial charge on any atom is 0.226 e. The second-order valence-corrected chi connectivity index (χ2v) is 14.8. The molecule has 5 N–H and O–H groups in total. The first-order valence-corrected chi connectivity index (χ1v) is 16.6. The summed E-state index contributed by atoms with van der Waals surface area (Å²) < 4.78 is 5.89. The molecule has 2 aromatic carbocycles. The minimum atomic E-state index is -1.44. The zero-order chi connectivity index (χ0) is 35.3. The molecule has 1 heterocycles. The van der Waals surface area contributed by atoms with Crippen LogP contribution in [-0.4, -0.2) is 95.2 Å². The summed E-state index contributed by atoms with van der Waals surface area (Å²) in [5, 5.41) is 44.1. The number of carbonyl (C=O) groups excluding carboxylic acids is 2. The number of likely N-dealkylation sites (N-methyl/N-ethyl adjacent to an activating group) is 1. The number of rotatable bonds is 14. The SMILES string of the molecule is Cc1cc(C(C)C)c(Cc2ccc(/C=C/C(C)(C)C(=O)CC(C)(C)C(=O)NCCN(C)C)cc2)cc1[C@@H]1O[C@H](CO)[C@@H](O)[C@H](O)[C@H]1O. The predicted molar refractivity (Wildman–Crippen MR) is 185 cm³/mol. The number of hydrogen-bond donors (Lipinski definition) is 5. The van der Waals surface area contributed by atoms with Gasteiger partial charge in [0.25, 0.3) is 0 Å². The third kappa shape index (κ3) is 9.81. The smallest absolute Gasteiger partial charge is 0.226 e. The predicted octanol–water partition coefficient (Wildman–Crippen LogP) is 3.93. The van der Waals surface area contributed by atoms with E-state index >= 15 is 0 Å². The molecule has 2 aromatic rings. The van der Waals surface area contributed by atoms with E-state index in [2.05, 4.69) is 25.2 Å².